The highest BCUT2D eigenvalue weighted by Gasteiger charge is 2.18. The fraction of sp³-hybridized carbons (Fsp3) is 0.444. The lowest BCUT2D eigenvalue weighted by atomic mass is 9.97. The van der Waals surface area contributed by atoms with E-state index in [9.17, 15) is 14.7 Å². The van der Waals surface area contributed by atoms with Crippen LogP contribution in [0.3, 0.4) is 0 Å². The third-order valence-corrected chi connectivity index (χ3v) is 4.07. The number of amides is 1. The lowest BCUT2D eigenvalue weighted by Crippen LogP contribution is -2.93. The normalized spacial score (nSPS) is 15.6. The molecule has 1 aliphatic carbocycles. The molecule has 5 heteroatoms. The number of carboxylic acids is 1. The summed E-state index contributed by atoms with van der Waals surface area (Å²) < 4.78 is 0. The van der Waals surface area contributed by atoms with Crippen LogP contribution in [0.15, 0.2) is 42.0 Å². The first-order valence-electron chi connectivity index (χ1n) is 8.22. The van der Waals surface area contributed by atoms with Crippen molar-refractivity contribution in [3.8, 4) is 0 Å². The molecule has 0 bridgehead atoms. The van der Waals surface area contributed by atoms with Gasteiger partial charge in [0.2, 0.25) is 5.91 Å². The zero-order valence-electron chi connectivity index (χ0n) is 13.3. The van der Waals surface area contributed by atoms with Crippen LogP contribution in [0.2, 0.25) is 0 Å². The maximum Gasteiger partial charge on any atom is 0.230 e. The van der Waals surface area contributed by atoms with Gasteiger partial charge in [0.15, 0.2) is 0 Å². The molecule has 5 nitrogen and oxygen atoms in total. The van der Waals surface area contributed by atoms with E-state index in [-0.39, 0.29) is 12.3 Å². The Balaban J connectivity index is 1.77. The first kappa shape index (κ1) is 17.2. The quantitative estimate of drug-likeness (QED) is 0.688. The van der Waals surface area contributed by atoms with E-state index in [0.29, 0.717) is 12.2 Å². The summed E-state index contributed by atoms with van der Waals surface area (Å²) in [7, 11) is 0. The predicted molar refractivity (Wildman–Crippen MR) is 86.4 cm³/mol. The van der Waals surface area contributed by atoms with E-state index in [1.54, 1.807) is 17.4 Å². The van der Waals surface area contributed by atoms with Gasteiger partial charge >= 0.3 is 0 Å². The SMILES string of the molecule is O=C(C[C@@H]([NH2+]CCC1=CCCCC1)C(=O)[O-])Nc1ccccc1. The van der Waals surface area contributed by atoms with Crippen molar-refractivity contribution < 1.29 is 20.0 Å². The number of hydrogen-bond donors (Lipinski definition) is 2. The Hall–Kier alpha value is -2.14. The molecule has 1 amide bonds. The van der Waals surface area contributed by atoms with Crippen LogP contribution in [0.1, 0.15) is 38.5 Å². The molecule has 0 aromatic heterocycles. The number of nitrogens with one attached hydrogen (secondary N) is 1. The molecule has 0 radical (unpaired) electrons. The molecule has 0 heterocycles. The predicted octanol–water partition coefficient (Wildman–Crippen LogP) is 0.588. The summed E-state index contributed by atoms with van der Waals surface area (Å²) in [5.74, 6) is -1.50. The summed E-state index contributed by atoms with van der Waals surface area (Å²) in [4.78, 5) is 23.2. The van der Waals surface area contributed by atoms with Gasteiger partial charge in [-0.25, -0.2) is 0 Å². The molecule has 0 spiro atoms. The average Bonchev–Trinajstić information content (AvgIpc) is 2.55. The molecule has 1 atom stereocenters. The van der Waals surface area contributed by atoms with E-state index in [2.05, 4.69) is 11.4 Å². The number of quaternary nitrogens is 1. The maximum absolute atomic E-state index is 12.0. The number of para-hydroxylation sites is 1. The van der Waals surface area contributed by atoms with E-state index in [1.807, 2.05) is 18.2 Å². The van der Waals surface area contributed by atoms with Crippen molar-refractivity contribution in [2.24, 2.45) is 0 Å². The van der Waals surface area contributed by atoms with Gasteiger partial charge in [-0.2, -0.15) is 0 Å². The van der Waals surface area contributed by atoms with Gasteiger partial charge in [-0.15, -0.1) is 0 Å². The van der Waals surface area contributed by atoms with E-state index < -0.39 is 12.0 Å². The second-order valence-electron chi connectivity index (χ2n) is 5.93. The first-order chi connectivity index (χ1) is 11.1. The second kappa shape index (κ2) is 9.10. The van der Waals surface area contributed by atoms with Crippen LogP contribution in [-0.2, 0) is 9.59 Å². The van der Waals surface area contributed by atoms with Gasteiger partial charge in [0.1, 0.15) is 6.04 Å². The first-order valence-corrected chi connectivity index (χ1v) is 8.22. The highest BCUT2D eigenvalue weighted by atomic mass is 16.4. The van der Waals surface area contributed by atoms with Crippen molar-refractivity contribution in [2.75, 3.05) is 11.9 Å². The molecule has 23 heavy (non-hydrogen) atoms. The van der Waals surface area contributed by atoms with Crippen LogP contribution >= 0.6 is 0 Å². The standard InChI is InChI=1S/C18H24N2O3/c21-17(20-15-9-5-2-6-10-15)13-16(18(22)23)19-12-11-14-7-3-1-4-8-14/h2,5-7,9-10,16,19H,1,3-4,8,11-13H2,(H,20,21)(H,22,23)/t16-/m1/s1. The van der Waals surface area contributed by atoms with Gasteiger partial charge in [0.25, 0.3) is 0 Å². The van der Waals surface area contributed by atoms with Crippen molar-refractivity contribution in [3.05, 3.63) is 42.0 Å². The van der Waals surface area contributed by atoms with E-state index >= 15 is 0 Å². The Bertz CT molecular complexity index is 555. The molecule has 1 aromatic carbocycles. The number of carbonyl (C=O) groups is 2. The number of allylic oxidation sites excluding steroid dienone is 1. The largest absolute Gasteiger partial charge is 0.544 e. The molecule has 0 unspecified atom stereocenters. The third kappa shape index (κ3) is 6.24. The number of carboxylic acid groups (broad SMARTS) is 1. The summed E-state index contributed by atoms with van der Waals surface area (Å²) in [6.45, 7) is 0.670. The lowest BCUT2D eigenvalue weighted by Gasteiger charge is -2.18. The lowest BCUT2D eigenvalue weighted by molar-refractivity contribution is -0.682. The molecule has 0 saturated carbocycles. The Labute approximate surface area is 136 Å². The topological polar surface area (TPSA) is 85.8 Å². The van der Waals surface area contributed by atoms with Gasteiger partial charge in [0, 0.05) is 12.1 Å². The van der Waals surface area contributed by atoms with Crippen molar-refractivity contribution >= 4 is 17.6 Å². The minimum atomic E-state index is -1.19. The van der Waals surface area contributed by atoms with Gasteiger partial charge < -0.3 is 20.5 Å². The molecule has 0 aliphatic heterocycles. The van der Waals surface area contributed by atoms with Crippen molar-refractivity contribution in [3.63, 3.8) is 0 Å². The molecule has 1 aliphatic rings. The Morgan fingerprint density at radius 3 is 2.65 bits per heavy atom. The number of benzene rings is 1. The van der Waals surface area contributed by atoms with Gasteiger partial charge in [-0.3, -0.25) is 4.79 Å². The van der Waals surface area contributed by atoms with E-state index in [0.717, 1.165) is 19.3 Å². The monoisotopic (exact) mass is 316 g/mol. The fourth-order valence-corrected chi connectivity index (χ4v) is 2.80. The molecular weight excluding hydrogens is 292 g/mol. The summed E-state index contributed by atoms with van der Waals surface area (Å²) in [6, 6.07) is 8.18. The van der Waals surface area contributed by atoms with Gasteiger partial charge in [0.05, 0.1) is 18.9 Å². The van der Waals surface area contributed by atoms with Gasteiger partial charge in [-0.05, 0) is 37.8 Å². The number of nitrogens with two attached hydrogens (primary N) is 1. The van der Waals surface area contributed by atoms with Crippen LogP contribution in [0.25, 0.3) is 0 Å². The molecule has 3 N–H and O–H groups in total. The molecule has 1 aromatic rings. The average molecular weight is 316 g/mol. The minimum absolute atomic E-state index is 0.0870. The van der Waals surface area contributed by atoms with Crippen molar-refractivity contribution in [2.45, 2.75) is 44.6 Å². The van der Waals surface area contributed by atoms with Crippen LogP contribution in [-0.4, -0.2) is 24.5 Å². The van der Waals surface area contributed by atoms with E-state index in [1.165, 1.54) is 18.4 Å². The van der Waals surface area contributed by atoms with Gasteiger partial charge in [-0.1, -0.05) is 29.8 Å². The smallest absolute Gasteiger partial charge is 0.230 e. The highest BCUT2D eigenvalue weighted by molar-refractivity contribution is 5.93. The number of anilines is 1. The zero-order chi connectivity index (χ0) is 16.5. The van der Waals surface area contributed by atoms with Crippen LogP contribution in [0.5, 0.6) is 0 Å². The maximum atomic E-state index is 12.0. The summed E-state index contributed by atoms with van der Waals surface area (Å²) in [5, 5.41) is 15.6. The Morgan fingerprint density at radius 1 is 1.22 bits per heavy atom. The number of aliphatic carboxylic acids is 1. The van der Waals surface area contributed by atoms with Crippen molar-refractivity contribution in [1.82, 2.24) is 0 Å². The van der Waals surface area contributed by atoms with Crippen LogP contribution < -0.4 is 15.7 Å². The highest BCUT2D eigenvalue weighted by Crippen LogP contribution is 2.18. The summed E-state index contributed by atoms with van der Waals surface area (Å²) >= 11 is 0. The van der Waals surface area contributed by atoms with Crippen LogP contribution in [0, 0.1) is 0 Å². The number of carbonyl (C=O) groups excluding carboxylic acids is 2. The molecule has 0 saturated heterocycles. The van der Waals surface area contributed by atoms with Crippen LogP contribution in [0.4, 0.5) is 5.69 Å². The Kier molecular flexibility index (Phi) is 6.81. The number of rotatable bonds is 8. The minimum Gasteiger partial charge on any atom is -0.544 e. The Morgan fingerprint density at radius 2 is 2.00 bits per heavy atom. The fourth-order valence-electron chi connectivity index (χ4n) is 2.80. The summed E-state index contributed by atoms with van der Waals surface area (Å²) in [6.07, 6.45) is 7.74. The molecule has 2 rings (SSSR count). The molecule has 124 valence electrons. The van der Waals surface area contributed by atoms with E-state index in [4.69, 9.17) is 0 Å². The van der Waals surface area contributed by atoms with Crippen molar-refractivity contribution in [1.29, 1.82) is 0 Å². The second-order valence-corrected chi connectivity index (χ2v) is 5.93. The molecule has 0 fully saturated rings. The third-order valence-electron chi connectivity index (χ3n) is 4.07. The molecular formula is C18H24N2O3. The number of hydrogen-bond acceptors (Lipinski definition) is 3. The summed E-state index contributed by atoms with van der Waals surface area (Å²) in [5.41, 5.74) is 2.07. The zero-order valence-corrected chi connectivity index (χ0v) is 13.3.